The third-order valence-corrected chi connectivity index (χ3v) is 14.9. The fraction of sp³-hybridized carbons (Fsp3) is 0.885. The number of ether oxygens (including phenoxy) is 7. The first-order chi connectivity index (χ1) is 37.4. The van der Waals surface area contributed by atoms with Gasteiger partial charge in [-0.15, -0.1) is 0 Å². The Labute approximate surface area is 465 Å². The SMILES string of the molecule is CCCCCCCCC(=O)OCC(COC(=O)CCCCCCCC)CC(=O)OC[C@H]1CCCC[C@@H](COC(=O)CC(COC(=O)CCCCCCCC)COC(=O)CCCCCCCC)N1C(=O)OC1CCN(C)CC1. The topological polar surface area (TPSA) is 191 Å². The van der Waals surface area contributed by atoms with Crippen molar-refractivity contribution in [1.82, 2.24) is 9.80 Å². The van der Waals surface area contributed by atoms with E-state index in [1.54, 1.807) is 4.90 Å². The van der Waals surface area contributed by atoms with Crippen molar-refractivity contribution in [2.45, 2.75) is 277 Å². The smallest absolute Gasteiger partial charge is 0.410 e. The molecule has 2 rings (SSSR count). The lowest BCUT2D eigenvalue weighted by molar-refractivity contribution is -0.156. The van der Waals surface area contributed by atoms with E-state index in [2.05, 4.69) is 32.6 Å². The number of carbonyl (C=O) groups excluding carboxylic acids is 7. The van der Waals surface area contributed by atoms with Crippen LogP contribution < -0.4 is 0 Å². The van der Waals surface area contributed by atoms with Crippen LogP contribution in [0.4, 0.5) is 4.79 Å². The Morgan fingerprint density at radius 1 is 0.390 bits per heavy atom. The molecule has 446 valence electrons. The van der Waals surface area contributed by atoms with Gasteiger partial charge in [0.1, 0.15) is 19.3 Å². The molecule has 2 aliphatic heterocycles. The molecule has 2 aliphatic rings. The summed E-state index contributed by atoms with van der Waals surface area (Å²) in [6, 6.07) is -1.20. The maximum Gasteiger partial charge on any atom is 0.410 e. The number of nitrogens with zero attached hydrogens (tertiary/aromatic N) is 2. The molecule has 0 bridgehead atoms. The van der Waals surface area contributed by atoms with Gasteiger partial charge in [-0.2, -0.15) is 0 Å². The molecule has 1 amide bonds. The zero-order chi connectivity index (χ0) is 56.1. The first-order valence-electron chi connectivity index (χ1n) is 31.0. The summed E-state index contributed by atoms with van der Waals surface area (Å²) in [5.41, 5.74) is 0. The van der Waals surface area contributed by atoms with E-state index in [9.17, 15) is 33.6 Å². The molecule has 77 heavy (non-hydrogen) atoms. The second kappa shape index (κ2) is 45.9. The molecule has 0 aliphatic carbocycles. The van der Waals surface area contributed by atoms with E-state index >= 15 is 0 Å². The summed E-state index contributed by atoms with van der Waals surface area (Å²) in [6.45, 7) is 9.46. The van der Waals surface area contributed by atoms with E-state index < -0.39 is 42.0 Å². The van der Waals surface area contributed by atoms with Crippen LogP contribution in [0.2, 0.25) is 0 Å². The van der Waals surface area contributed by atoms with Crippen LogP contribution in [-0.4, -0.2) is 130 Å². The van der Waals surface area contributed by atoms with Gasteiger partial charge >= 0.3 is 41.9 Å². The Bertz CT molecular complexity index is 1430. The Balaban J connectivity index is 2.18. The number of carbonyl (C=O) groups is 7. The normalized spacial score (nSPS) is 16.2. The zero-order valence-electron chi connectivity index (χ0n) is 49.1. The minimum Gasteiger partial charge on any atom is -0.465 e. The third-order valence-electron chi connectivity index (χ3n) is 14.9. The molecule has 0 unspecified atom stereocenters. The van der Waals surface area contributed by atoms with Crippen LogP contribution in [0.3, 0.4) is 0 Å². The van der Waals surface area contributed by atoms with Crippen molar-refractivity contribution in [3.8, 4) is 0 Å². The number of rotatable bonds is 45. The largest absolute Gasteiger partial charge is 0.465 e. The van der Waals surface area contributed by atoms with Crippen molar-refractivity contribution >= 4 is 41.9 Å². The molecule has 0 aromatic carbocycles. The molecular weight excluding hydrogens is 985 g/mol. The molecule has 0 N–H and O–H groups in total. The Kier molecular flexibility index (Phi) is 41.2. The number of hydrogen-bond acceptors (Lipinski definition) is 15. The molecule has 2 atom stereocenters. The van der Waals surface area contributed by atoms with Gasteiger partial charge in [-0.05, 0) is 58.4 Å². The predicted octanol–water partition coefficient (Wildman–Crippen LogP) is 13.1. The molecule has 0 saturated carbocycles. The van der Waals surface area contributed by atoms with Crippen molar-refractivity contribution in [3.05, 3.63) is 0 Å². The van der Waals surface area contributed by atoms with Gasteiger partial charge in [0.25, 0.3) is 0 Å². The molecule has 2 saturated heterocycles. The first kappa shape index (κ1) is 69.2. The van der Waals surface area contributed by atoms with E-state index in [1.165, 1.54) is 25.7 Å². The van der Waals surface area contributed by atoms with Gasteiger partial charge in [-0.25, -0.2) is 4.79 Å². The van der Waals surface area contributed by atoms with Crippen LogP contribution in [0.5, 0.6) is 0 Å². The summed E-state index contributed by atoms with van der Waals surface area (Å²) in [7, 11) is 2.03. The standard InChI is InChI=1S/C61H108N2O14/c1-6-10-14-18-22-26-34-55(64)71-44-50(45-72-56(65)35-27-23-19-15-11-7-2)42-59(68)75-48-52-32-30-31-33-53(63(52)61(70)77-54-38-40-62(5)41-39-54)49-76-60(69)43-51(46-73-57(66)36-28-24-20-16-12-8-3)47-74-58(67)37-29-25-21-17-13-9-4/h50-54H,6-49H2,1-5H3/t52-,53+. The minimum absolute atomic E-state index is 0.107. The van der Waals surface area contributed by atoms with Gasteiger partial charge < -0.3 is 38.1 Å². The Morgan fingerprint density at radius 3 is 1.00 bits per heavy atom. The molecule has 16 nitrogen and oxygen atoms in total. The number of unbranched alkanes of at least 4 members (excludes halogenated alkanes) is 20. The summed E-state index contributed by atoms with van der Waals surface area (Å²) < 4.78 is 40.5. The van der Waals surface area contributed by atoms with Crippen molar-refractivity contribution < 1.29 is 66.7 Å². The maximum absolute atomic E-state index is 14.3. The Morgan fingerprint density at radius 2 is 0.688 bits per heavy atom. The number of esters is 6. The minimum atomic E-state index is -0.632. The average Bonchev–Trinajstić information content (AvgIpc) is 3.63. The van der Waals surface area contributed by atoms with Gasteiger partial charge in [0.05, 0.1) is 51.4 Å². The van der Waals surface area contributed by atoms with E-state index in [0.29, 0.717) is 64.2 Å². The number of piperidine rings is 1. The van der Waals surface area contributed by atoms with Crippen LogP contribution in [0.15, 0.2) is 0 Å². The summed E-state index contributed by atoms with van der Waals surface area (Å²) in [4.78, 5) is 96.6. The molecular formula is C61H108N2O14. The van der Waals surface area contributed by atoms with Crippen molar-refractivity contribution in [2.75, 3.05) is 59.8 Å². The molecule has 16 heteroatoms. The van der Waals surface area contributed by atoms with Crippen molar-refractivity contribution in [2.24, 2.45) is 11.8 Å². The molecule has 0 radical (unpaired) electrons. The lowest BCUT2D eigenvalue weighted by Crippen LogP contribution is -2.52. The van der Waals surface area contributed by atoms with E-state index in [-0.39, 0.29) is 108 Å². The molecule has 0 aromatic rings. The van der Waals surface area contributed by atoms with E-state index in [4.69, 9.17) is 33.2 Å². The number of likely N-dealkylation sites (tertiary alicyclic amines) is 2. The van der Waals surface area contributed by atoms with Gasteiger partial charge in [-0.1, -0.05) is 169 Å². The van der Waals surface area contributed by atoms with E-state index in [1.807, 2.05) is 7.05 Å². The third kappa shape index (κ3) is 36.0. The lowest BCUT2D eigenvalue weighted by atomic mass is 10.1. The van der Waals surface area contributed by atoms with Crippen molar-refractivity contribution in [1.29, 1.82) is 0 Å². The monoisotopic (exact) mass is 1090 g/mol. The van der Waals surface area contributed by atoms with Gasteiger partial charge in [0.2, 0.25) is 0 Å². The fourth-order valence-corrected chi connectivity index (χ4v) is 9.90. The van der Waals surface area contributed by atoms with Crippen LogP contribution in [-0.2, 0) is 61.9 Å². The van der Waals surface area contributed by atoms with Crippen molar-refractivity contribution in [3.63, 3.8) is 0 Å². The highest BCUT2D eigenvalue weighted by atomic mass is 16.6. The second-order valence-electron chi connectivity index (χ2n) is 22.2. The molecule has 2 heterocycles. The average molecular weight is 1090 g/mol. The predicted molar refractivity (Wildman–Crippen MR) is 299 cm³/mol. The zero-order valence-corrected chi connectivity index (χ0v) is 49.1. The quantitative estimate of drug-likeness (QED) is 0.0318. The Hall–Kier alpha value is -3.95. The van der Waals surface area contributed by atoms with E-state index in [0.717, 1.165) is 116 Å². The van der Waals surface area contributed by atoms with Gasteiger partial charge in [-0.3, -0.25) is 33.7 Å². The first-order valence-corrected chi connectivity index (χ1v) is 31.0. The fourth-order valence-electron chi connectivity index (χ4n) is 9.90. The highest BCUT2D eigenvalue weighted by Gasteiger charge is 2.37. The van der Waals surface area contributed by atoms with Gasteiger partial charge in [0.15, 0.2) is 0 Å². The van der Waals surface area contributed by atoms with Crippen LogP contribution in [0, 0.1) is 11.8 Å². The summed E-state index contributed by atoms with van der Waals surface area (Å²) in [5.74, 6) is -3.88. The molecule has 0 aromatic heterocycles. The van der Waals surface area contributed by atoms with Crippen LogP contribution in [0.25, 0.3) is 0 Å². The second-order valence-corrected chi connectivity index (χ2v) is 22.2. The summed E-state index contributed by atoms with van der Waals surface area (Å²) >= 11 is 0. The molecule has 0 spiro atoms. The number of hydrogen-bond donors (Lipinski definition) is 0. The number of amides is 1. The highest BCUT2D eigenvalue weighted by molar-refractivity contribution is 5.73. The summed E-state index contributed by atoms with van der Waals surface area (Å²) in [6.07, 6.45) is 28.2. The molecule has 2 fully saturated rings. The maximum atomic E-state index is 14.3. The van der Waals surface area contributed by atoms with Crippen LogP contribution >= 0.6 is 0 Å². The van der Waals surface area contributed by atoms with Gasteiger partial charge in [0, 0.05) is 50.6 Å². The lowest BCUT2D eigenvalue weighted by Gasteiger charge is -2.37. The summed E-state index contributed by atoms with van der Waals surface area (Å²) in [5, 5.41) is 0. The highest BCUT2D eigenvalue weighted by Crippen LogP contribution is 2.27. The van der Waals surface area contributed by atoms with Crippen LogP contribution in [0.1, 0.15) is 259 Å².